The van der Waals surface area contributed by atoms with Crippen LogP contribution in [0.4, 0.5) is 8.78 Å². The molecule has 21 heavy (non-hydrogen) atoms. The number of aliphatic hydroxyl groups excluding tert-OH is 1. The zero-order valence-corrected chi connectivity index (χ0v) is 11.1. The van der Waals surface area contributed by atoms with Gasteiger partial charge in [-0.05, 0) is 41.8 Å². The van der Waals surface area contributed by atoms with Crippen molar-refractivity contribution in [2.45, 2.75) is 11.8 Å². The summed E-state index contributed by atoms with van der Waals surface area (Å²) in [5, 5.41) is 19.0. The number of rotatable bonds is 5. The van der Waals surface area contributed by atoms with Crippen LogP contribution < -0.4 is 0 Å². The minimum Gasteiger partial charge on any atom is -0.480 e. The first-order valence-corrected chi connectivity index (χ1v) is 6.37. The zero-order valence-electron chi connectivity index (χ0n) is 11.1. The molecule has 2 aromatic carbocycles. The van der Waals surface area contributed by atoms with E-state index in [9.17, 15) is 23.8 Å². The van der Waals surface area contributed by atoms with E-state index in [1.165, 1.54) is 24.3 Å². The van der Waals surface area contributed by atoms with E-state index in [1.54, 1.807) is 0 Å². The zero-order chi connectivity index (χ0) is 15.5. The van der Waals surface area contributed by atoms with Crippen molar-refractivity contribution in [2.75, 3.05) is 6.61 Å². The average molecular weight is 292 g/mol. The van der Waals surface area contributed by atoms with E-state index in [0.717, 1.165) is 24.3 Å². The molecule has 5 heteroatoms. The van der Waals surface area contributed by atoms with Gasteiger partial charge in [-0.25, -0.2) is 8.78 Å². The van der Waals surface area contributed by atoms with Crippen LogP contribution in [0.1, 0.15) is 17.5 Å². The van der Waals surface area contributed by atoms with Gasteiger partial charge in [-0.2, -0.15) is 0 Å². The monoisotopic (exact) mass is 292 g/mol. The number of carboxylic acid groups (broad SMARTS) is 1. The molecule has 0 atom stereocenters. The molecule has 0 saturated carbocycles. The van der Waals surface area contributed by atoms with Gasteiger partial charge in [-0.15, -0.1) is 0 Å². The third-order valence-corrected chi connectivity index (χ3v) is 3.53. The lowest BCUT2D eigenvalue weighted by Gasteiger charge is -2.30. The molecule has 0 bridgehead atoms. The van der Waals surface area contributed by atoms with E-state index in [1.807, 2.05) is 0 Å². The number of halogens is 2. The molecule has 0 aliphatic carbocycles. The number of aliphatic hydroxyl groups is 1. The van der Waals surface area contributed by atoms with E-state index < -0.39 is 23.0 Å². The van der Waals surface area contributed by atoms with Gasteiger partial charge in [0.05, 0.1) is 0 Å². The quantitative estimate of drug-likeness (QED) is 0.891. The van der Waals surface area contributed by atoms with Gasteiger partial charge in [0.2, 0.25) is 0 Å². The van der Waals surface area contributed by atoms with Crippen molar-refractivity contribution in [3.8, 4) is 0 Å². The van der Waals surface area contributed by atoms with Gasteiger partial charge in [-0.1, -0.05) is 24.3 Å². The van der Waals surface area contributed by atoms with Crippen molar-refractivity contribution < 1.29 is 23.8 Å². The van der Waals surface area contributed by atoms with Crippen molar-refractivity contribution in [3.05, 3.63) is 71.3 Å². The molecular formula is C16H14F2O3. The predicted molar refractivity (Wildman–Crippen MR) is 72.9 cm³/mol. The summed E-state index contributed by atoms with van der Waals surface area (Å²) in [5.41, 5.74) is -0.884. The van der Waals surface area contributed by atoms with Gasteiger partial charge in [0.25, 0.3) is 0 Å². The van der Waals surface area contributed by atoms with Crippen LogP contribution in [0.5, 0.6) is 0 Å². The molecule has 3 nitrogen and oxygen atoms in total. The first-order valence-electron chi connectivity index (χ1n) is 6.37. The van der Waals surface area contributed by atoms with Crippen molar-refractivity contribution in [1.82, 2.24) is 0 Å². The van der Waals surface area contributed by atoms with Crippen LogP contribution in [0.2, 0.25) is 0 Å². The van der Waals surface area contributed by atoms with Crippen LogP contribution in [0, 0.1) is 11.6 Å². The molecule has 2 N–H and O–H groups in total. The van der Waals surface area contributed by atoms with Gasteiger partial charge in [-0.3, -0.25) is 4.79 Å². The Kier molecular flexibility index (Phi) is 4.33. The number of carbonyl (C=O) groups is 1. The Morgan fingerprint density at radius 1 is 0.905 bits per heavy atom. The number of benzene rings is 2. The summed E-state index contributed by atoms with van der Waals surface area (Å²) in [7, 11) is 0. The Bertz CT molecular complexity index is 575. The van der Waals surface area contributed by atoms with Gasteiger partial charge >= 0.3 is 5.97 Å². The summed E-state index contributed by atoms with van der Waals surface area (Å²) in [4.78, 5) is 11.9. The fourth-order valence-corrected chi connectivity index (χ4v) is 2.45. The molecule has 0 aliphatic heterocycles. The van der Waals surface area contributed by atoms with Crippen molar-refractivity contribution in [3.63, 3.8) is 0 Å². The molecular weight excluding hydrogens is 278 g/mol. The maximum Gasteiger partial charge on any atom is 0.318 e. The maximum absolute atomic E-state index is 13.1. The lowest BCUT2D eigenvalue weighted by Crippen LogP contribution is -2.38. The molecule has 0 unspecified atom stereocenters. The van der Waals surface area contributed by atoms with Crippen molar-refractivity contribution in [2.24, 2.45) is 0 Å². The number of aliphatic carboxylic acids is 1. The molecule has 0 heterocycles. The van der Waals surface area contributed by atoms with E-state index in [4.69, 9.17) is 0 Å². The molecule has 0 amide bonds. The second-order valence-electron chi connectivity index (χ2n) is 4.70. The Morgan fingerprint density at radius 3 is 1.57 bits per heavy atom. The second-order valence-corrected chi connectivity index (χ2v) is 4.70. The summed E-state index contributed by atoms with van der Waals surface area (Å²) in [6.45, 7) is -0.374. The SMILES string of the molecule is O=C(O)C(CCO)(c1ccc(F)cc1)c1ccc(F)cc1. The summed E-state index contributed by atoms with van der Waals surface area (Å²) < 4.78 is 26.1. The third-order valence-electron chi connectivity index (χ3n) is 3.53. The summed E-state index contributed by atoms with van der Waals surface area (Å²) >= 11 is 0. The second kappa shape index (κ2) is 6.01. The van der Waals surface area contributed by atoms with Gasteiger partial charge in [0.1, 0.15) is 17.0 Å². The predicted octanol–water partition coefficient (Wildman–Crippen LogP) is 2.72. The largest absolute Gasteiger partial charge is 0.480 e. The lowest BCUT2D eigenvalue weighted by atomic mass is 9.72. The normalized spacial score (nSPS) is 11.4. The van der Waals surface area contributed by atoms with E-state index >= 15 is 0 Å². The van der Waals surface area contributed by atoms with Crippen molar-refractivity contribution in [1.29, 1.82) is 0 Å². The average Bonchev–Trinajstić information content (AvgIpc) is 2.46. The maximum atomic E-state index is 13.1. The highest BCUT2D eigenvalue weighted by Gasteiger charge is 2.41. The fraction of sp³-hybridized carbons (Fsp3) is 0.188. The van der Waals surface area contributed by atoms with Gasteiger partial charge < -0.3 is 10.2 Å². The van der Waals surface area contributed by atoms with E-state index in [-0.39, 0.29) is 13.0 Å². The lowest BCUT2D eigenvalue weighted by molar-refractivity contribution is -0.142. The standard InChI is InChI=1S/C16H14F2O3/c17-13-5-1-11(2-6-13)16(9-10-19,15(20)21)12-3-7-14(18)8-4-12/h1-8,19H,9-10H2,(H,20,21). The molecule has 2 rings (SSSR count). The molecule has 110 valence electrons. The minimum atomic E-state index is -1.55. The van der Waals surface area contributed by atoms with Gasteiger partial charge in [0, 0.05) is 6.61 Å². The minimum absolute atomic E-state index is 0.0976. The Morgan fingerprint density at radius 2 is 1.29 bits per heavy atom. The van der Waals surface area contributed by atoms with Crippen LogP contribution in [-0.2, 0) is 10.2 Å². The summed E-state index contributed by atoms with van der Waals surface area (Å²) in [5.74, 6) is -2.16. The number of hydrogen-bond acceptors (Lipinski definition) is 2. The molecule has 0 saturated heterocycles. The van der Waals surface area contributed by atoms with Crippen LogP contribution >= 0.6 is 0 Å². The first kappa shape index (κ1) is 15.1. The fourth-order valence-electron chi connectivity index (χ4n) is 2.45. The molecule has 0 radical (unpaired) electrons. The van der Waals surface area contributed by atoms with Gasteiger partial charge in [0.15, 0.2) is 0 Å². The van der Waals surface area contributed by atoms with Crippen LogP contribution in [0.3, 0.4) is 0 Å². The molecule has 0 aromatic heterocycles. The molecule has 0 spiro atoms. The van der Waals surface area contributed by atoms with Crippen LogP contribution in [0.25, 0.3) is 0 Å². The smallest absolute Gasteiger partial charge is 0.318 e. The van der Waals surface area contributed by atoms with Crippen LogP contribution in [-0.4, -0.2) is 22.8 Å². The Labute approximate surface area is 120 Å². The van der Waals surface area contributed by atoms with E-state index in [2.05, 4.69) is 0 Å². The third kappa shape index (κ3) is 2.78. The van der Waals surface area contributed by atoms with E-state index in [0.29, 0.717) is 11.1 Å². The molecule has 0 aliphatic rings. The highest BCUT2D eigenvalue weighted by molar-refractivity contribution is 5.86. The summed E-state index contributed by atoms with van der Waals surface area (Å²) in [6, 6.07) is 10.1. The Hall–Kier alpha value is -2.27. The first-order chi connectivity index (χ1) is 10.0. The topological polar surface area (TPSA) is 57.5 Å². The molecule has 2 aromatic rings. The van der Waals surface area contributed by atoms with Crippen LogP contribution in [0.15, 0.2) is 48.5 Å². The summed E-state index contributed by atoms with van der Waals surface area (Å²) in [6.07, 6.45) is -0.0976. The Balaban J connectivity index is 2.65. The number of carboxylic acids is 1. The highest BCUT2D eigenvalue weighted by Crippen LogP contribution is 2.36. The molecule has 0 fully saturated rings. The van der Waals surface area contributed by atoms with Crippen molar-refractivity contribution >= 4 is 5.97 Å². The highest BCUT2D eigenvalue weighted by atomic mass is 19.1. The number of hydrogen-bond donors (Lipinski definition) is 2.